The van der Waals surface area contributed by atoms with Crippen molar-refractivity contribution >= 4 is 23.0 Å². The molecule has 1 fully saturated rings. The smallest absolute Gasteiger partial charge is 0.279 e. The van der Waals surface area contributed by atoms with Crippen LogP contribution in [-0.4, -0.2) is 46.3 Å². The predicted octanol–water partition coefficient (Wildman–Crippen LogP) is 3.75. The summed E-state index contributed by atoms with van der Waals surface area (Å²) in [5, 5.41) is 11.0. The molecule has 0 spiro atoms. The molecular weight excluding hydrogens is 384 g/mol. The van der Waals surface area contributed by atoms with Crippen molar-refractivity contribution in [3.8, 4) is 5.75 Å². The Labute approximate surface area is 174 Å². The van der Waals surface area contributed by atoms with E-state index < -0.39 is 4.92 Å². The van der Waals surface area contributed by atoms with E-state index in [4.69, 9.17) is 4.74 Å². The van der Waals surface area contributed by atoms with Gasteiger partial charge in [0.25, 0.3) is 5.69 Å². The number of nitrogens with one attached hydrogen (secondary N) is 1. The van der Waals surface area contributed by atoms with Gasteiger partial charge in [0.05, 0.1) is 35.2 Å². The lowest BCUT2D eigenvalue weighted by atomic mass is 9.89. The summed E-state index contributed by atoms with van der Waals surface area (Å²) in [7, 11) is 1.65. The Morgan fingerprint density at radius 1 is 1.27 bits per heavy atom. The van der Waals surface area contributed by atoms with E-state index in [9.17, 15) is 14.9 Å². The van der Waals surface area contributed by atoms with Crippen LogP contribution in [0, 0.1) is 16.0 Å². The predicted molar refractivity (Wildman–Crippen MR) is 113 cm³/mol. The van der Waals surface area contributed by atoms with Gasteiger partial charge in [0, 0.05) is 12.1 Å². The molecular formula is C22H24N4O4. The number of fused-ring (bicyclic) bond motifs is 1. The first-order chi connectivity index (χ1) is 14.6. The molecule has 8 nitrogen and oxygen atoms in total. The molecule has 1 saturated heterocycles. The van der Waals surface area contributed by atoms with Crippen LogP contribution in [0.3, 0.4) is 0 Å². The van der Waals surface area contributed by atoms with Crippen LogP contribution < -0.4 is 4.74 Å². The monoisotopic (exact) mass is 408 g/mol. The lowest BCUT2D eigenvalue weighted by Crippen LogP contribution is -2.34. The second-order valence-corrected chi connectivity index (χ2v) is 7.76. The summed E-state index contributed by atoms with van der Waals surface area (Å²) >= 11 is 0. The summed E-state index contributed by atoms with van der Waals surface area (Å²) in [6.07, 6.45) is 3.48. The maximum Gasteiger partial charge on any atom is 0.279 e. The number of ether oxygens (including phenoxy) is 1. The molecule has 2 aromatic carbocycles. The number of carbonyl (C=O) groups is 1. The fraction of sp³-hybridized carbons (Fsp3) is 0.364. The fourth-order valence-corrected chi connectivity index (χ4v) is 4.13. The van der Waals surface area contributed by atoms with Crippen molar-refractivity contribution in [3.63, 3.8) is 0 Å². The van der Waals surface area contributed by atoms with Gasteiger partial charge in [0.1, 0.15) is 11.6 Å². The summed E-state index contributed by atoms with van der Waals surface area (Å²) in [4.78, 5) is 32.1. The SMILES string of the molecule is COc1ccc2nc(CN3CCC(Cc4ccc([N+](=O)[O-])c(C=O)c4)CC3)[nH]c2c1. The van der Waals surface area contributed by atoms with Gasteiger partial charge < -0.3 is 9.72 Å². The van der Waals surface area contributed by atoms with E-state index in [2.05, 4.69) is 14.9 Å². The molecule has 0 atom stereocenters. The number of carbonyl (C=O) groups excluding carboxylic acids is 1. The van der Waals surface area contributed by atoms with E-state index in [0.717, 1.165) is 67.1 Å². The molecule has 0 unspecified atom stereocenters. The Kier molecular flexibility index (Phi) is 5.76. The number of nitro groups is 1. The fourth-order valence-electron chi connectivity index (χ4n) is 4.13. The van der Waals surface area contributed by atoms with Gasteiger partial charge in [-0.05, 0) is 62.0 Å². The van der Waals surface area contributed by atoms with Crippen molar-refractivity contribution in [1.82, 2.24) is 14.9 Å². The van der Waals surface area contributed by atoms with E-state index in [1.165, 1.54) is 6.07 Å². The third kappa shape index (κ3) is 4.33. The zero-order chi connectivity index (χ0) is 21.1. The van der Waals surface area contributed by atoms with Crippen molar-refractivity contribution in [2.24, 2.45) is 5.92 Å². The van der Waals surface area contributed by atoms with Gasteiger partial charge in [-0.1, -0.05) is 6.07 Å². The molecule has 3 aromatic rings. The third-order valence-electron chi connectivity index (χ3n) is 5.76. The van der Waals surface area contributed by atoms with E-state index in [1.807, 2.05) is 18.2 Å². The quantitative estimate of drug-likeness (QED) is 0.363. The number of hydrogen-bond donors (Lipinski definition) is 1. The highest BCUT2D eigenvalue weighted by atomic mass is 16.6. The second kappa shape index (κ2) is 8.62. The van der Waals surface area contributed by atoms with Crippen LogP contribution in [0.5, 0.6) is 5.75 Å². The number of piperidine rings is 1. The highest BCUT2D eigenvalue weighted by Crippen LogP contribution is 2.26. The van der Waals surface area contributed by atoms with E-state index in [-0.39, 0.29) is 11.3 Å². The van der Waals surface area contributed by atoms with Crippen LogP contribution >= 0.6 is 0 Å². The average Bonchev–Trinajstić information content (AvgIpc) is 3.16. The number of hydrogen-bond acceptors (Lipinski definition) is 6. The minimum Gasteiger partial charge on any atom is -0.497 e. The molecule has 1 aliphatic rings. The normalized spacial score (nSPS) is 15.4. The van der Waals surface area contributed by atoms with Crippen molar-refractivity contribution < 1.29 is 14.5 Å². The van der Waals surface area contributed by atoms with Gasteiger partial charge in [0.15, 0.2) is 6.29 Å². The highest BCUT2D eigenvalue weighted by molar-refractivity contribution is 5.81. The number of aldehydes is 1. The molecule has 0 radical (unpaired) electrons. The van der Waals surface area contributed by atoms with Crippen LogP contribution in [0.15, 0.2) is 36.4 Å². The highest BCUT2D eigenvalue weighted by Gasteiger charge is 2.22. The molecule has 0 amide bonds. The average molecular weight is 408 g/mol. The summed E-state index contributed by atoms with van der Waals surface area (Å²) < 4.78 is 5.26. The maximum absolute atomic E-state index is 11.2. The van der Waals surface area contributed by atoms with Gasteiger partial charge in [-0.2, -0.15) is 0 Å². The summed E-state index contributed by atoms with van der Waals surface area (Å²) in [6.45, 7) is 2.72. The first-order valence-corrected chi connectivity index (χ1v) is 10.0. The summed E-state index contributed by atoms with van der Waals surface area (Å²) in [5.41, 5.74) is 2.91. The molecule has 0 bridgehead atoms. The van der Waals surface area contributed by atoms with Crippen LogP contribution in [0.2, 0.25) is 0 Å². The molecule has 2 heterocycles. The summed E-state index contributed by atoms with van der Waals surface area (Å²) in [6, 6.07) is 10.7. The topological polar surface area (TPSA) is 101 Å². The molecule has 4 rings (SSSR count). The molecule has 1 aliphatic heterocycles. The van der Waals surface area contributed by atoms with Gasteiger partial charge >= 0.3 is 0 Å². The van der Waals surface area contributed by atoms with Crippen LogP contribution in [0.25, 0.3) is 11.0 Å². The summed E-state index contributed by atoms with van der Waals surface area (Å²) in [5.74, 6) is 2.26. The maximum atomic E-state index is 11.2. The molecule has 8 heteroatoms. The number of benzene rings is 2. The lowest BCUT2D eigenvalue weighted by Gasteiger charge is -2.31. The van der Waals surface area contributed by atoms with Crippen LogP contribution in [0.4, 0.5) is 5.69 Å². The number of imidazole rings is 1. The second-order valence-electron chi connectivity index (χ2n) is 7.76. The van der Waals surface area contributed by atoms with Crippen LogP contribution in [-0.2, 0) is 13.0 Å². The van der Waals surface area contributed by atoms with Gasteiger partial charge in [-0.25, -0.2) is 4.98 Å². The number of rotatable bonds is 7. The number of methoxy groups -OCH3 is 1. The molecule has 1 aromatic heterocycles. The first-order valence-electron chi connectivity index (χ1n) is 10.0. The minimum atomic E-state index is -0.514. The Hall–Kier alpha value is -3.26. The van der Waals surface area contributed by atoms with Crippen molar-refractivity contribution in [2.45, 2.75) is 25.8 Å². The van der Waals surface area contributed by atoms with Gasteiger partial charge in [-0.3, -0.25) is 19.8 Å². The number of likely N-dealkylation sites (tertiary alicyclic amines) is 1. The number of nitro benzene ring substituents is 1. The standard InChI is InChI=1S/C22H24N4O4/c1-30-18-3-4-19-20(12-18)24-22(23-19)13-25-8-6-15(7-9-25)10-16-2-5-21(26(28)29)17(11-16)14-27/h2-5,11-12,14-15H,6-10,13H2,1H3,(H,23,24). The van der Waals surface area contributed by atoms with E-state index in [0.29, 0.717) is 12.2 Å². The third-order valence-corrected chi connectivity index (χ3v) is 5.76. The minimum absolute atomic E-state index is 0.132. The van der Waals surface area contributed by atoms with Crippen molar-refractivity contribution in [1.29, 1.82) is 0 Å². The Balaban J connectivity index is 1.34. The van der Waals surface area contributed by atoms with Crippen molar-refractivity contribution in [2.75, 3.05) is 20.2 Å². The zero-order valence-corrected chi connectivity index (χ0v) is 16.8. The lowest BCUT2D eigenvalue weighted by molar-refractivity contribution is -0.385. The Bertz CT molecular complexity index is 1070. The Morgan fingerprint density at radius 2 is 2.07 bits per heavy atom. The Morgan fingerprint density at radius 3 is 2.77 bits per heavy atom. The zero-order valence-electron chi connectivity index (χ0n) is 16.8. The molecule has 156 valence electrons. The van der Waals surface area contributed by atoms with E-state index >= 15 is 0 Å². The van der Waals surface area contributed by atoms with E-state index in [1.54, 1.807) is 19.2 Å². The largest absolute Gasteiger partial charge is 0.497 e. The van der Waals surface area contributed by atoms with Gasteiger partial charge in [-0.15, -0.1) is 0 Å². The molecule has 0 aliphatic carbocycles. The first kappa shape index (κ1) is 20.0. The van der Waals surface area contributed by atoms with Crippen molar-refractivity contribution in [3.05, 3.63) is 63.5 Å². The number of nitrogens with zero attached hydrogens (tertiary/aromatic N) is 3. The van der Waals surface area contributed by atoms with Gasteiger partial charge in [0.2, 0.25) is 0 Å². The number of aromatic amines is 1. The molecule has 30 heavy (non-hydrogen) atoms. The number of H-pyrrole nitrogens is 1. The molecule has 1 N–H and O–H groups in total. The van der Waals surface area contributed by atoms with Crippen LogP contribution in [0.1, 0.15) is 34.6 Å². The number of aromatic nitrogens is 2. The molecule has 0 saturated carbocycles.